The number of hydrogen-bond donors (Lipinski definition) is 1. The second-order valence-electron chi connectivity index (χ2n) is 3.73. The second-order valence-corrected chi connectivity index (χ2v) is 3.73. The highest BCUT2D eigenvalue weighted by Crippen LogP contribution is 2.18. The highest BCUT2D eigenvalue weighted by atomic mass is 19.1. The molecule has 0 unspecified atom stereocenters. The van der Waals surface area contributed by atoms with Gasteiger partial charge in [0.15, 0.2) is 5.78 Å². The van der Waals surface area contributed by atoms with Gasteiger partial charge in [-0.05, 0) is 36.4 Å². The molecule has 0 saturated carbocycles. The second kappa shape index (κ2) is 4.52. The van der Waals surface area contributed by atoms with Gasteiger partial charge in [-0.2, -0.15) is 0 Å². The van der Waals surface area contributed by atoms with E-state index in [1.165, 1.54) is 6.07 Å². The zero-order chi connectivity index (χ0) is 13.3. The predicted octanol–water partition coefficient (Wildman–Crippen LogP) is 2.92. The maximum Gasteiger partial charge on any atom is 0.196 e. The van der Waals surface area contributed by atoms with Gasteiger partial charge in [0.1, 0.15) is 17.5 Å². The first kappa shape index (κ1) is 12.2. The summed E-state index contributed by atoms with van der Waals surface area (Å²) in [6.07, 6.45) is 0. The molecule has 18 heavy (non-hydrogen) atoms. The fraction of sp³-hybridized carbons (Fsp3) is 0. The molecule has 0 saturated heterocycles. The Morgan fingerprint density at radius 3 is 2.33 bits per heavy atom. The summed E-state index contributed by atoms with van der Waals surface area (Å²) in [4.78, 5) is 11.9. The Kier molecular flexibility index (Phi) is 3.06. The molecular weight excluding hydrogens is 243 g/mol. The van der Waals surface area contributed by atoms with Crippen molar-refractivity contribution in [1.29, 1.82) is 0 Å². The lowest BCUT2D eigenvalue weighted by Crippen LogP contribution is -2.06. The van der Waals surface area contributed by atoms with Crippen molar-refractivity contribution in [1.82, 2.24) is 0 Å². The van der Waals surface area contributed by atoms with Crippen molar-refractivity contribution >= 4 is 11.5 Å². The van der Waals surface area contributed by atoms with Crippen LogP contribution >= 0.6 is 0 Å². The molecule has 0 atom stereocenters. The average molecular weight is 251 g/mol. The van der Waals surface area contributed by atoms with E-state index >= 15 is 0 Å². The van der Waals surface area contributed by atoms with Crippen molar-refractivity contribution in [3.8, 4) is 0 Å². The minimum atomic E-state index is -0.871. The predicted molar refractivity (Wildman–Crippen MR) is 60.6 cm³/mol. The molecule has 2 rings (SSSR count). The van der Waals surface area contributed by atoms with E-state index < -0.39 is 28.8 Å². The molecule has 2 nitrogen and oxygen atoms in total. The fourth-order valence-electron chi connectivity index (χ4n) is 1.57. The molecule has 2 aromatic rings. The molecular formula is C13H8F3NO. The molecule has 0 aliphatic carbocycles. The minimum Gasteiger partial charge on any atom is -0.399 e. The van der Waals surface area contributed by atoms with Crippen molar-refractivity contribution in [3.63, 3.8) is 0 Å². The highest BCUT2D eigenvalue weighted by Gasteiger charge is 2.16. The number of benzene rings is 2. The first-order chi connectivity index (χ1) is 8.47. The van der Waals surface area contributed by atoms with Crippen molar-refractivity contribution in [2.45, 2.75) is 0 Å². The van der Waals surface area contributed by atoms with E-state index in [-0.39, 0.29) is 11.3 Å². The number of carbonyl (C=O) groups excluding carboxylic acids is 1. The molecule has 0 aliphatic heterocycles. The Bertz CT molecular complexity index is 605. The number of rotatable bonds is 2. The summed E-state index contributed by atoms with van der Waals surface area (Å²) >= 11 is 0. The lowest BCUT2D eigenvalue weighted by molar-refractivity contribution is 0.103. The van der Waals surface area contributed by atoms with Crippen molar-refractivity contribution < 1.29 is 18.0 Å². The van der Waals surface area contributed by atoms with Crippen LogP contribution in [0.4, 0.5) is 18.9 Å². The first-order valence-electron chi connectivity index (χ1n) is 5.03. The van der Waals surface area contributed by atoms with Gasteiger partial charge < -0.3 is 5.73 Å². The molecule has 0 amide bonds. The van der Waals surface area contributed by atoms with Crippen molar-refractivity contribution in [2.75, 3.05) is 5.73 Å². The van der Waals surface area contributed by atoms with E-state index in [1.807, 2.05) is 0 Å². The van der Waals surface area contributed by atoms with Gasteiger partial charge in [-0.3, -0.25) is 4.79 Å². The number of nitrogen functional groups attached to an aromatic ring is 1. The largest absolute Gasteiger partial charge is 0.399 e. The molecule has 0 aliphatic rings. The van der Waals surface area contributed by atoms with Crippen LogP contribution in [0.2, 0.25) is 0 Å². The summed E-state index contributed by atoms with van der Waals surface area (Å²) in [6.45, 7) is 0. The van der Waals surface area contributed by atoms with Crippen molar-refractivity contribution in [3.05, 3.63) is 65.0 Å². The number of anilines is 1. The van der Waals surface area contributed by atoms with E-state index in [0.717, 1.165) is 30.3 Å². The van der Waals surface area contributed by atoms with Crippen LogP contribution in [0.25, 0.3) is 0 Å². The zero-order valence-corrected chi connectivity index (χ0v) is 9.08. The van der Waals surface area contributed by atoms with Gasteiger partial charge >= 0.3 is 0 Å². The van der Waals surface area contributed by atoms with Crippen LogP contribution in [-0.2, 0) is 0 Å². The minimum absolute atomic E-state index is 0.0372. The molecule has 0 bridgehead atoms. The number of ketones is 1. The Morgan fingerprint density at radius 2 is 1.67 bits per heavy atom. The Balaban J connectivity index is 2.51. The molecule has 5 heteroatoms. The number of halogens is 3. The molecule has 0 fully saturated rings. The summed E-state index contributed by atoms with van der Waals surface area (Å²) in [5.74, 6) is -3.15. The first-order valence-corrected chi connectivity index (χ1v) is 5.03. The third kappa shape index (κ3) is 2.34. The van der Waals surface area contributed by atoms with Gasteiger partial charge in [-0.1, -0.05) is 0 Å². The molecule has 0 radical (unpaired) electrons. The normalized spacial score (nSPS) is 10.4. The van der Waals surface area contributed by atoms with Crippen LogP contribution in [0.3, 0.4) is 0 Å². The summed E-state index contributed by atoms with van der Waals surface area (Å²) in [6, 6.07) is 5.65. The van der Waals surface area contributed by atoms with E-state index in [9.17, 15) is 18.0 Å². The van der Waals surface area contributed by atoms with Gasteiger partial charge in [-0.15, -0.1) is 0 Å². The topological polar surface area (TPSA) is 43.1 Å². The van der Waals surface area contributed by atoms with Crippen molar-refractivity contribution in [2.24, 2.45) is 0 Å². The molecule has 0 aromatic heterocycles. The Labute approximate surface area is 101 Å². The van der Waals surface area contributed by atoms with Crippen LogP contribution in [0.1, 0.15) is 15.9 Å². The van der Waals surface area contributed by atoms with Crippen LogP contribution in [0, 0.1) is 17.5 Å². The maximum atomic E-state index is 13.4. The molecule has 0 heterocycles. The Hall–Kier alpha value is -2.30. The average Bonchev–Trinajstić information content (AvgIpc) is 2.30. The fourth-order valence-corrected chi connectivity index (χ4v) is 1.57. The summed E-state index contributed by atoms with van der Waals surface area (Å²) in [5, 5.41) is 0. The van der Waals surface area contributed by atoms with Gasteiger partial charge in [0.2, 0.25) is 0 Å². The van der Waals surface area contributed by atoms with Gasteiger partial charge in [0, 0.05) is 11.3 Å². The highest BCUT2D eigenvalue weighted by molar-refractivity contribution is 6.09. The number of nitrogens with two attached hydrogens (primary N) is 1. The Morgan fingerprint density at radius 1 is 0.944 bits per heavy atom. The molecule has 92 valence electrons. The third-order valence-electron chi connectivity index (χ3n) is 2.36. The monoisotopic (exact) mass is 251 g/mol. The van der Waals surface area contributed by atoms with E-state index in [4.69, 9.17) is 5.73 Å². The van der Waals surface area contributed by atoms with E-state index in [2.05, 4.69) is 0 Å². The quantitative estimate of drug-likeness (QED) is 0.658. The SMILES string of the molecule is Nc1cc(F)cc(C(=O)c2cc(F)ccc2F)c1. The summed E-state index contributed by atoms with van der Waals surface area (Å²) < 4.78 is 39.4. The van der Waals surface area contributed by atoms with Crippen LogP contribution < -0.4 is 5.73 Å². The van der Waals surface area contributed by atoms with Gasteiger partial charge in [0.25, 0.3) is 0 Å². The van der Waals surface area contributed by atoms with E-state index in [1.54, 1.807) is 0 Å². The lowest BCUT2D eigenvalue weighted by atomic mass is 10.0. The standard InChI is InChI=1S/C13H8F3NO/c14-8-1-2-12(16)11(6-8)13(18)7-3-9(15)5-10(17)4-7/h1-6H,17H2. The number of carbonyl (C=O) groups is 1. The smallest absolute Gasteiger partial charge is 0.196 e. The lowest BCUT2D eigenvalue weighted by Gasteiger charge is -2.04. The third-order valence-corrected chi connectivity index (χ3v) is 2.36. The molecule has 0 spiro atoms. The van der Waals surface area contributed by atoms with Gasteiger partial charge in [-0.25, -0.2) is 13.2 Å². The molecule has 2 N–H and O–H groups in total. The molecule has 2 aromatic carbocycles. The van der Waals surface area contributed by atoms with Crippen LogP contribution in [0.15, 0.2) is 36.4 Å². The summed E-state index contributed by atoms with van der Waals surface area (Å²) in [7, 11) is 0. The summed E-state index contributed by atoms with van der Waals surface area (Å²) in [5.41, 5.74) is 4.83. The number of hydrogen-bond acceptors (Lipinski definition) is 2. The van der Waals surface area contributed by atoms with Crippen LogP contribution in [0.5, 0.6) is 0 Å². The maximum absolute atomic E-state index is 13.4. The van der Waals surface area contributed by atoms with E-state index in [0.29, 0.717) is 0 Å². The van der Waals surface area contributed by atoms with Gasteiger partial charge in [0.05, 0.1) is 5.56 Å². The van der Waals surface area contributed by atoms with Crippen LogP contribution in [-0.4, -0.2) is 5.78 Å². The zero-order valence-electron chi connectivity index (χ0n) is 9.08.